The second kappa shape index (κ2) is 7.26. The molecule has 1 N–H and O–H groups in total. The van der Waals surface area contributed by atoms with Gasteiger partial charge in [-0.25, -0.2) is 4.98 Å². The van der Waals surface area contributed by atoms with Gasteiger partial charge in [-0.15, -0.1) is 0 Å². The first-order chi connectivity index (χ1) is 9.29. The highest BCUT2D eigenvalue weighted by molar-refractivity contribution is 5.28. The van der Waals surface area contributed by atoms with Crippen molar-refractivity contribution in [2.75, 3.05) is 18.5 Å². The zero-order chi connectivity index (χ0) is 13.5. The normalized spacial score (nSPS) is 16.3. The summed E-state index contributed by atoms with van der Waals surface area (Å²) >= 11 is 0. The first kappa shape index (κ1) is 14.0. The van der Waals surface area contributed by atoms with Crippen LogP contribution in [0.2, 0.25) is 0 Å². The zero-order valence-electron chi connectivity index (χ0n) is 11.5. The molecule has 1 heterocycles. The molecule has 0 unspecified atom stereocenters. The number of rotatable bonds is 6. The zero-order valence-corrected chi connectivity index (χ0v) is 11.5. The highest BCUT2D eigenvalue weighted by Crippen LogP contribution is 2.25. The number of nitrogens with zero attached hydrogens (tertiary/aromatic N) is 2. The molecule has 0 radical (unpaired) electrons. The lowest BCUT2D eigenvalue weighted by molar-refractivity contribution is 0.195. The van der Waals surface area contributed by atoms with Crippen molar-refractivity contribution in [2.24, 2.45) is 5.92 Å². The van der Waals surface area contributed by atoms with Crippen molar-refractivity contribution < 1.29 is 9.13 Å². The van der Waals surface area contributed by atoms with Gasteiger partial charge in [-0.05, 0) is 25.2 Å². The van der Waals surface area contributed by atoms with Crippen molar-refractivity contribution in [3.05, 3.63) is 12.0 Å². The SMILES string of the molecule is CCCNc1ncc(F)c(OCC2CCCCC2)n1. The van der Waals surface area contributed by atoms with Gasteiger partial charge in [0, 0.05) is 6.54 Å². The van der Waals surface area contributed by atoms with E-state index in [9.17, 15) is 4.39 Å². The Hall–Kier alpha value is -1.39. The van der Waals surface area contributed by atoms with E-state index in [0.29, 0.717) is 18.5 Å². The minimum absolute atomic E-state index is 0.0687. The van der Waals surface area contributed by atoms with Gasteiger partial charge in [0.1, 0.15) is 0 Å². The molecular formula is C14H22FN3O. The van der Waals surface area contributed by atoms with Crippen LogP contribution in [0.4, 0.5) is 10.3 Å². The Morgan fingerprint density at radius 3 is 2.89 bits per heavy atom. The fraction of sp³-hybridized carbons (Fsp3) is 0.714. The number of ether oxygens (including phenoxy) is 1. The van der Waals surface area contributed by atoms with E-state index < -0.39 is 5.82 Å². The lowest BCUT2D eigenvalue weighted by Crippen LogP contribution is -2.16. The average Bonchev–Trinajstić information content (AvgIpc) is 2.46. The van der Waals surface area contributed by atoms with Crippen molar-refractivity contribution in [3.8, 4) is 5.88 Å². The number of hydrogen-bond donors (Lipinski definition) is 1. The molecule has 1 aliphatic carbocycles. The van der Waals surface area contributed by atoms with Crippen LogP contribution >= 0.6 is 0 Å². The number of aromatic nitrogens is 2. The minimum Gasteiger partial charge on any atom is -0.475 e. The molecular weight excluding hydrogens is 245 g/mol. The molecule has 1 aromatic rings. The van der Waals surface area contributed by atoms with Gasteiger partial charge in [-0.1, -0.05) is 26.2 Å². The van der Waals surface area contributed by atoms with Gasteiger partial charge in [0.15, 0.2) is 0 Å². The van der Waals surface area contributed by atoms with Crippen LogP contribution in [0, 0.1) is 11.7 Å². The van der Waals surface area contributed by atoms with Gasteiger partial charge in [0.05, 0.1) is 12.8 Å². The summed E-state index contributed by atoms with van der Waals surface area (Å²) in [5, 5.41) is 3.03. The van der Waals surface area contributed by atoms with E-state index >= 15 is 0 Å². The topological polar surface area (TPSA) is 47.0 Å². The maximum absolute atomic E-state index is 13.6. The monoisotopic (exact) mass is 267 g/mol. The van der Waals surface area contributed by atoms with Crippen LogP contribution in [-0.2, 0) is 0 Å². The maximum atomic E-state index is 13.6. The van der Waals surface area contributed by atoms with Crippen LogP contribution in [-0.4, -0.2) is 23.1 Å². The number of halogens is 1. The molecule has 0 aromatic carbocycles. The molecule has 0 atom stereocenters. The predicted molar refractivity (Wildman–Crippen MR) is 72.8 cm³/mol. The van der Waals surface area contributed by atoms with Gasteiger partial charge in [0.25, 0.3) is 5.88 Å². The van der Waals surface area contributed by atoms with Crippen LogP contribution < -0.4 is 10.1 Å². The molecule has 1 aromatic heterocycles. The molecule has 106 valence electrons. The minimum atomic E-state index is -0.488. The smallest absolute Gasteiger partial charge is 0.255 e. The first-order valence-corrected chi connectivity index (χ1v) is 7.18. The fourth-order valence-corrected chi connectivity index (χ4v) is 2.33. The van der Waals surface area contributed by atoms with Crippen LogP contribution in [0.1, 0.15) is 45.4 Å². The van der Waals surface area contributed by atoms with Gasteiger partial charge in [0.2, 0.25) is 11.8 Å². The molecule has 0 amide bonds. The summed E-state index contributed by atoms with van der Waals surface area (Å²) in [4.78, 5) is 7.97. The molecule has 2 rings (SSSR count). The third-order valence-corrected chi connectivity index (χ3v) is 3.43. The van der Waals surface area contributed by atoms with E-state index in [0.717, 1.165) is 13.0 Å². The van der Waals surface area contributed by atoms with Crippen molar-refractivity contribution in [1.82, 2.24) is 9.97 Å². The van der Waals surface area contributed by atoms with E-state index in [4.69, 9.17) is 4.74 Å². The lowest BCUT2D eigenvalue weighted by atomic mass is 9.90. The highest BCUT2D eigenvalue weighted by Gasteiger charge is 2.16. The summed E-state index contributed by atoms with van der Waals surface area (Å²) in [5.74, 6) is 0.550. The van der Waals surface area contributed by atoms with Crippen LogP contribution in [0.15, 0.2) is 6.20 Å². The van der Waals surface area contributed by atoms with Gasteiger partial charge in [-0.2, -0.15) is 9.37 Å². The Labute approximate surface area is 113 Å². The molecule has 0 spiro atoms. The Morgan fingerprint density at radius 1 is 1.37 bits per heavy atom. The number of nitrogens with one attached hydrogen (secondary N) is 1. The second-order valence-electron chi connectivity index (χ2n) is 5.09. The van der Waals surface area contributed by atoms with E-state index in [1.54, 1.807) is 0 Å². The second-order valence-corrected chi connectivity index (χ2v) is 5.09. The molecule has 5 heteroatoms. The maximum Gasteiger partial charge on any atom is 0.255 e. The van der Waals surface area contributed by atoms with Crippen molar-refractivity contribution in [1.29, 1.82) is 0 Å². The predicted octanol–water partition coefficient (Wildman–Crippen LogP) is 3.40. The first-order valence-electron chi connectivity index (χ1n) is 7.18. The Morgan fingerprint density at radius 2 is 2.16 bits per heavy atom. The molecule has 1 aliphatic rings. The summed E-state index contributed by atoms with van der Waals surface area (Å²) in [5.41, 5.74) is 0. The molecule has 19 heavy (non-hydrogen) atoms. The number of anilines is 1. The molecule has 0 aliphatic heterocycles. The molecule has 4 nitrogen and oxygen atoms in total. The Kier molecular flexibility index (Phi) is 5.36. The van der Waals surface area contributed by atoms with Crippen LogP contribution in [0.3, 0.4) is 0 Å². The Bertz CT molecular complexity index is 394. The van der Waals surface area contributed by atoms with E-state index in [-0.39, 0.29) is 5.88 Å². The van der Waals surface area contributed by atoms with Crippen molar-refractivity contribution in [2.45, 2.75) is 45.4 Å². The van der Waals surface area contributed by atoms with Crippen LogP contribution in [0.25, 0.3) is 0 Å². The van der Waals surface area contributed by atoms with E-state index in [1.165, 1.54) is 38.3 Å². The van der Waals surface area contributed by atoms with Gasteiger partial charge < -0.3 is 10.1 Å². The highest BCUT2D eigenvalue weighted by atomic mass is 19.1. The summed E-state index contributed by atoms with van der Waals surface area (Å²) in [7, 11) is 0. The summed E-state index contributed by atoms with van der Waals surface area (Å²) in [6, 6.07) is 0. The fourth-order valence-electron chi connectivity index (χ4n) is 2.33. The van der Waals surface area contributed by atoms with E-state index in [1.807, 2.05) is 0 Å². The largest absolute Gasteiger partial charge is 0.475 e. The molecule has 1 saturated carbocycles. The Balaban J connectivity index is 1.90. The van der Waals surface area contributed by atoms with Crippen LogP contribution in [0.5, 0.6) is 5.88 Å². The number of hydrogen-bond acceptors (Lipinski definition) is 4. The van der Waals surface area contributed by atoms with E-state index in [2.05, 4.69) is 22.2 Å². The molecule has 1 fully saturated rings. The summed E-state index contributed by atoms with van der Waals surface area (Å²) in [6.45, 7) is 3.38. The summed E-state index contributed by atoms with van der Waals surface area (Å²) in [6.07, 6.45) is 8.30. The third kappa shape index (κ3) is 4.33. The third-order valence-electron chi connectivity index (χ3n) is 3.43. The summed E-state index contributed by atoms with van der Waals surface area (Å²) < 4.78 is 19.1. The van der Waals surface area contributed by atoms with Gasteiger partial charge >= 0.3 is 0 Å². The standard InChI is InChI=1S/C14H22FN3O/c1-2-8-16-14-17-9-12(15)13(18-14)19-10-11-6-4-3-5-7-11/h9,11H,2-8,10H2,1H3,(H,16,17,18). The quantitative estimate of drug-likeness (QED) is 0.858. The van der Waals surface area contributed by atoms with Gasteiger partial charge in [-0.3, -0.25) is 0 Å². The molecule has 0 bridgehead atoms. The molecule has 0 saturated heterocycles. The lowest BCUT2D eigenvalue weighted by Gasteiger charge is -2.21. The van der Waals surface area contributed by atoms with Crippen molar-refractivity contribution >= 4 is 5.95 Å². The van der Waals surface area contributed by atoms with Crippen molar-refractivity contribution in [3.63, 3.8) is 0 Å². The average molecular weight is 267 g/mol.